The summed E-state index contributed by atoms with van der Waals surface area (Å²) in [6, 6.07) is 0.410. The van der Waals surface area contributed by atoms with Gasteiger partial charge in [0.15, 0.2) is 15.8 Å². The molecule has 2 aliphatic rings. The number of nitrogens with one attached hydrogen (secondary N) is 2. The average Bonchev–Trinajstić information content (AvgIpc) is 2.53. The molecule has 2 fully saturated rings. The molecule has 0 amide bonds. The van der Waals surface area contributed by atoms with Crippen LogP contribution in [0, 0.1) is 5.41 Å². The number of guanidine groups is 1. The lowest BCUT2D eigenvalue weighted by atomic mass is 9.75. The van der Waals surface area contributed by atoms with Gasteiger partial charge in [-0.1, -0.05) is 13.8 Å². The molecule has 6 nitrogen and oxygen atoms in total. The lowest BCUT2D eigenvalue weighted by Crippen LogP contribution is -2.55. The molecule has 0 atom stereocenters. The highest BCUT2D eigenvalue weighted by molar-refractivity contribution is 7.92. The Bertz CT molecular complexity index is 541. The van der Waals surface area contributed by atoms with Crippen LogP contribution in [-0.2, 0) is 14.6 Å². The maximum Gasteiger partial charge on any atom is 0.191 e. The molecular formula is C17H33N3O3S. The molecule has 1 aliphatic heterocycles. The molecular weight excluding hydrogens is 326 g/mol. The highest BCUT2D eigenvalue weighted by atomic mass is 32.2. The van der Waals surface area contributed by atoms with Crippen LogP contribution < -0.4 is 10.6 Å². The van der Waals surface area contributed by atoms with Gasteiger partial charge in [-0.25, -0.2) is 8.42 Å². The maximum absolute atomic E-state index is 12.3. The smallest absolute Gasteiger partial charge is 0.191 e. The first-order chi connectivity index (χ1) is 11.2. The van der Waals surface area contributed by atoms with Gasteiger partial charge in [-0.15, -0.1) is 0 Å². The number of ether oxygens (including phenoxy) is 1. The summed E-state index contributed by atoms with van der Waals surface area (Å²) in [6.45, 7) is 6.01. The lowest BCUT2D eigenvalue weighted by molar-refractivity contribution is 0.0756. The molecule has 0 radical (unpaired) electrons. The van der Waals surface area contributed by atoms with E-state index in [0.29, 0.717) is 50.0 Å². The van der Waals surface area contributed by atoms with Crippen molar-refractivity contribution in [2.75, 3.05) is 33.1 Å². The summed E-state index contributed by atoms with van der Waals surface area (Å²) in [6.07, 6.45) is 7.05. The van der Waals surface area contributed by atoms with E-state index in [0.717, 1.165) is 12.8 Å². The van der Waals surface area contributed by atoms with Crippen LogP contribution in [0.5, 0.6) is 0 Å². The topological polar surface area (TPSA) is 79.8 Å². The number of hydrogen-bond donors (Lipinski definition) is 2. The minimum Gasteiger partial charge on any atom is -0.381 e. The summed E-state index contributed by atoms with van der Waals surface area (Å²) in [7, 11) is -1.43. The van der Waals surface area contributed by atoms with E-state index in [2.05, 4.69) is 29.5 Å². The lowest BCUT2D eigenvalue weighted by Gasteiger charge is -2.37. The highest BCUT2D eigenvalue weighted by Gasteiger charge is 2.42. The molecule has 140 valence electrons. The van der Waals surface area contributed by atoms with Crippen LogP contribution in [0.4, 0.5) is 0 Å². The number of hydrogen-bond acceptors (Lipinski definition) is 4. The third-order valence-corrected chi connectivity index (χ3v) is 7.80. The maximum atomic E-state index is 12.3. The van der Waals surface area contributed by atoms with Gasteiger partial charge < -0.3 is 15.4 Å². The molecule has 1 saturated heterocycles. The van der Waals surface area contributed by atoms with Gasteiger partial charge in [0.1, 0.15) is 0 Å². The molecule has 0 spiro atoms. The third kappa shape index (κ3) is 4.85. The summed E-state index contributed by atoms with van der Waals surface area (Å²) < 4.78 is 29.2. The summed E-state index contributed by atoms with van der Waals surface area (Å²) >= 11 is 0. The Morgan fingerprint density at radius 2 is 1.75 bits per heavy atom. The zero-order chi connectivity index (χ0) is 17.8. The van der Waals surface area contributed by atoms with Crippen molar-refractivity contribution in [1.82, 2.24) is 10.6 Å². The SMILES string of the molecule is CN=C(NCC1(S(C)(=O)=O)CCOCC1)NC1CCC(C)(C)CC1. The first kappa shape index (κ1) is 19.5. The van der Waals surface area contributed by atoms with Crippen LogP contribution in [0.3, 0.4) is 0 Å². The predicted octanol–water partition coefficient (Wildman–Crippen LogP) is 1.71. The monoisotopic (exact) mass is 359 g/mol. The molecule has 0 bridgehead atoms. The second kappa shape index (κ2) is 7.60. The molecule has 0 aromatic rings. The van der Waals surface area contributed by atoms with E-state index in [9.17, 15) is 8.42 Å². The predicted molar refractivity (Wildman–Crippen MR) is 98.2 cm³/mol. The summed E-state index contributed by atoms with van der Waals surface area (Å²) in [5.41, 5.74) is 0.428. The largest absolute Gasteiger partial charge is 0.381 e. The van der Waals surface area contributed by atoms with E-state index in [1.54, 1.807) is 7.05 Å². The minimum atomic E-state index is -3.17. The second-order valence-electron chi connectivity index (χ2n) is 8.08. The van der Waals surface area contributed by atoms with Crippen molar-refractivity contribution in [3.63, 3.8) is 0 Å². The van der Waals surface area contributed by atoms with Crippen LogP contribution in [0.2, 0.25) is 0 Å². The van der Waals surface area contributed by atoms with Crippen LogP contribution in [0.1, 0.15) is 52.4 Å². The Kier molecular flexibility index (Phi) is 6.18. The van der Waals surface area contributed by atoms with Crippen molar-refractivity contribution in [3.05, 3.63) is 0 Å². The molecule has 24 heavy (non-hydrogen) atoms. The van der Waals surface area contributed by atoms with Gasteiger partial charge in [-0.05, 0) is 43.9 Å². The van der Waals surface area contributed by atoms with Crippen LogP contribution in [0.25, 0.3) is 0 Å². The van der Waals surface area contributed by atoms with Gasteiger partial charge in [0.25, 0.3) is 0 Å². The first-order valence-electron chi connectivity index (χ1n) is 8.92. The van der Waals surface area contributed by atoms with E-state index in [4.69, 9.17) is 4.74 Å². The Labute approximate surface area is 146 Å². The molecule has 0 aromatic heterocycles. The summed E-state index contributed by atoms with van der Waals surface area (Å²) in [5.74, 6) is 0.703. The zero-order valence-electron chi connectivity index (χ0n) is 15.5. The summed E-state index contributed by atoms with van der Waals surface area (Å²) in [5, 5.41) is 6.72. The normalized spacial score (nSPS) is 25.2. The van der Waals surface area contributed by atoms with Gasteiger partial charge in [0, 0.05) is 39.1 Å². The van der Waals surface area contributed by atoms with Gasteiger partial charge in [-0.2, -0.15) is 0 Å². The number of nitrogens with zero attached hydrogens (tertiary/aromatic N) is 1. The summed E-state index contributed by atoms with van der Waals surface area (Å²) in [4.78, 5) is 4.28. The molecule has 1 aliphatic carbocycles. The molecule has 0 aromatic carbocycles. The standard InChI is InChI=1S/C17H33N3O3S/c1-16(2)7-5-14(6-8-16)20-15(18-3)19-13-17(24(4,21)22)9-11-23-12-10-17/h14H,5-13H2,1-4H3,(H2,18,19,20). The molecule has 2 rings (SSSR count). The van der Waals surface area contributed by atoms with Crippen LogP contribution in [0.15, 0.2) is 4.99 Å². The van der Waals surface area contributed by atoms with E-state index < -0.39 is 14.6 Å². The molecule has 1 heterocycles. The molecule has 1 saturated carbocycles. The molecule has 7 heteroatoms. The fraction of sp³-hybridized carbons (Fsp3) is 0.941. The number of sulfone groups is 1. The van der Waals surface area contributed by atoms with E-state index in [-0.39, 0.29) is 0 Å². The third-order valence-electron chi connectivity index (χ3n) is 5.67. The molecule has 2 N–H and O–H groups in total. The number of aliphatic imine (C=N–C) groups is 1. The van der Waals surface area contributed by atoms with E-state index >= 15 is 0 Å². The Hall–Kier alpha value is -0.820. The van der Waals surface area contributed by atoms with Gasteiger partial charge >= 0.3 is 0 Å². The van der Waals surface area contributed by atoms with E-state index in [1.807, 2.05) is 0 Å². The molecule has 0 unspecified atom stereocenters. The minimum absolute atomic E-state index is 0.382. The van der Waals surface area contributed by atoms with E-state index in [1.165, 1.54) is 19.1 Å². The van der Waals surface area contributed by atoms with Crippen molar-refractivity contribution in [2.45, 2.75) is 63.2 Å². The second-order valence-corrected chi connectivity index (χ2v) is 10.5. The van der Waals surface area contributed by atoms with Crippen molar-refractivity contribution >= 4 is 15.8 Å². The van der Waals surface area contributed by atoms with Gasteiger partial charge in [0.2, 0.25) is 0 Å². The fourth-order valence-corrected chi connectivity index (χ4v) is 4.84. The van der Waals surface area contributed by atoms with Crippen molar-refractivity contribution in [3.8, 4) is 0 Å². The Balaban J connectivity index is 1.93. The zero-order valence-corrected chi connectivity index (χ0v) is 16.3. The Morgan fingerprint density at radius 1 is 1.17 bits per heavy atom. The van der Waals surface area contributed by atoms with Gasteiger partial charge in [0.05, 0.1) is 4.75 Å². The fourth-order valence-electron chi connectivity index (χ4n) is 3.60. The number of rotatable bonds is 4. The van der Waals surface area contributed by atoms with Crippen molar-refractivity contribution in [1.29, 1.82) is 0 Å². The highest BCUT2D eigenvalue weighted by Crippen LogP contribution is 2.35. The van der Waals surface area contributed by atoms with Crippen LogP contribution >= 0.6 is 0 Å². The van der Waals surface area contributed by atoms with Crippen molar-refractivity contribution < 1.29 is 13.2 Å². The quantitative estimate of drug-likeness (QED) is 0.590. The Morgan fingerprint density at radius 3 is 2.25 bits per heavy atom. The first-order valence-corrected chi connectivity index (χ1v) is 10.8. The average molecular weight is 360 g/mol. The van der Waals surface area contributed by atoms with Crippen molar-refractivity contribution in [2.24, 2.45) is 10.4 Å². The van der Waals surface area contributed by atoms with Gasteiger partial charge in [-0.3, -0.25) is 4.99 Å². The van der Waals surface area contributed by atoms with Crippen LogP contribution in [-0.4, -0.2) is 58.2 Å².